The highest BCUT2D eigenvalue weighted by molar-refractivity contribution is 7.98. The van der Waals surface area contributed by atoms with Gasteiger partial charge < -0.3 is 10.8 Å². The zero-order chi connectivity index (χ0) is 8.91. The van der Waals surface area contributed by atoms with Crippen LogP contribution < -0.4 is 5.73 Å². The first-order valence-corrected chi connectivity index (χ1v) is 4.26. The van der Waals surface area contributed by atoms with E-state index >= 15 is 0 Å². The van der Waals surface area contributed by atoms with Crippen LogP contribution in [0.5, 0.6) is 0 Å². The van der Waals surface area contributed by atoms with Crippen LogP contribution in [0, 0.1) is 0 Å². The highest BCUT2D eigenvalue weighted by atomic mass is 32.2. The van der Waals surface area contributed by atoms with Gasteiger partial charge in [0.15, 0.2) is 0 Å². The predicted octanol–water partition coefficient (Wildman–Crippen LogP) is 0.542. The summed E-state index contributed by atoms with van der Waals surface area (Å²) in [5, 5.41) is 8.60. The van der Waals surface area contributed by atoms with E-state index in [1.165, 1.54) is 11.8 Å². The average Bonchev–Trinajstić information content (AvgIpc) is 2.00. The summed E-state index contributed by atoms with van der Waals surface area (Å²) in [5.41, 5.74) is 4.08. The number of carbonyl (C=O) groups is 1. The maximum Gasteiger partial charge on any atom is 0.323 e. The van der Waals surface area contributed by atoms with Crippen LogP contribution >= 0.6 is 11.8 Å². The van der Waals surface area contributed by atoms with E-state index in [4.69, 9.17) is 12.2 Å². The largest absolute Gasteiger partial charge is 0.480 e. The van der Waals surface area contributed by atoms with Crippen molar-refractivity contribution >= 4 is 17.7 Å². The Hall–Kier alpha value is -0.220. The Bertz CT molecular complexity index is 145. The van der Waals surface area contributed by atoms with E-state index in [-0.39, 0.29) is 6.90 Å². The Kier molecular flexibility index (Phi) is 3.02. The molecular formula is C6H13NO2S. The molecule has 0 heterocycles. The van der Waals surface area contributed by atoms with Crippen molar-refractivity contribution < 1.29 is 11.3 Å². The molecule has 0 aliphatic carbocycles. The fourth-order valence-corrected chi connectivity index (χ4v) is 0.959. The minimum absolute atomic E-state index is 0.261. The van der Waals surface area contributed by atoms with Crippen LogP contribution in [-0.2, 0) is 4.79 Å². The predicted molar refractivity (Wildman–Crippen MR) is 43.2 cm³/mol. The van der Waals surface area contributed by atoms with E-state index in [2.05, 4.69) is 0 Å². The van der Waals surface area contributed by atoms with E-state index in [1.54, 1.807) is 0 Å². The monoisotopic (exact) mass is 164 g/mol. The Morgan fingerprint density at radius 2 is 2.60 bits per heavy atom. The van der Waals surface area contributed by atoms with Gasteiger partial charge in [-0.1, -0.05) is 0 Å². The van der Waals surface area contributed by atoms with E-state index in [0.29, 0.717) is 12.2 Å². The van der Waals surface area contributed by atoms with Crippen LogP contribution in [0.15, 0.2) is 0 Å². The number of hydrogen-bond donors (Lipinski definition) is 2. The second kappa shape index (κ2) is 3.83. The summed E-state index contributed by atoms with van der Waals surface area (Å²) < 4.78 is 6.95. The van der Waals surface area contributed by atoms with Gasteiger partial charge in [-0.2, -0.15) is 11.8 Å². The van der Waals surface area contributed by atoms with Crippen molar-refractivity contribution in [2.45, 2.75) is 18.9 Å². The number of rotatable bonds is 4. The normalized spacial score (nSPS) is 17.6. The fraction of sp³-hybridized carbons (Fsp3) is 0.833. The molecule has 0 unspecified atom stereocenters. The summed E-state index contributed by atoms with van der Waals surface area (Å²) in [7, 11) is 0. The lowest BCUT2D eigenvalue weighted by molar-refractivity contribution is -0.142. The van der Waals surface area contributed by atoms with Gasteiger partial charge in [0, 0.05) is 1.37 Å². The van der Waals surface area contributed by atoms with Crippen LogP contribution in [0.1, 0.15) is 14.7 Å². The summed E-state index contributed by atoms with van der Waals surface area (Å²) in [6.07, 6.45) is 2.24. The van der Waals surface area contributed by atoms with Gasteiger partial charge in [0.05, 0.1) is 0 Å². The molecule has 10 heavy (non-hydrogen) atoms. The first-order valence-electron chi connectivity index (χ1n) is 3.58. The molecule has 0 aromatic carbocycles. The lowest BCUT2D eigenvalue weighted by Gasteiger charge is -2.17. The first-order chi connectivity index (χ1) is 5.06. The smallest absolute Gasteiger partial charge is 0.323 e. The van der Waals surface area contributed by atoms with Gasteiger partial charge >= 0.3 is 5.97 Å². The van der Waals surface area contributed by atoms with Gasteiger partial charge in [-0.3, -0.25) is 4.79 Å². The van der Waals surface area contributed by atoms with E-state index in [0.717, 1.165) is 0 Å². The third kappa shape index (κ3) is 3.08. The first kappa shape index (κ1) is 7.88. The van der Waals surface area contributed by atoms with Crippen LogP contribution in [0.25, 0.3) is 0 Å². The number of thioether (sulfide) groups is 1. The molecule has 0 saturated carbocycles. The molecule has 0 rings (SSSR count). The second-order valence-corrected chi connectivity index (χ2v) is 3.19. The van der Waals surface area contributed by atoms with Gasteiger partial charge in [-0.25, -0.2) is 0 Å². The highest BCUT2D eigenvalue weighted by Crippen LogP contribution is 2.09. The van der Waals surface area contributed by atoms with Gasteiger partial charge in [-0.05, 0) is 25.3 Å². The molecule has 0 radical (unpaired) electrons. The molecule has 0 aromatic heterocycles. The Morgan fingerprint density at radius 1 is 2.00 bits per heavy atom. The lowest BCUT2D eigenvalue weighted by atomic mass is 10.0. The molecule has 3 nitrogen and oxygen atoms in total. The molecule has 0 saturated heterocycles. The molecule has 0 aliphatic rings. The van der Waals surface area contributed by atoms with E-state index in [1.807, 2.05) is 6.26 Å². The summed E-state index contributed by atoms with van der Waals surface area (Å²) in [5.74, 6) is -0.400. The van der Waals surface area contributed by atoms with Gasteiger partial charge in [-0.15, -0.1) is 0 Å². The van der Waals surface area contributed by atoms with Crippen molar-refractivity contribution in [2.75, 3.05) is 12.0 Å². The number of carboxylic acid groups (broad SMARTS) is 1. The molecule has 0 aliphatic heterocycles. The van der Waals surface area contributed by atoms with Crippen molar-refractivity contribution in [1.29, 1.82) is 0 Å². The molecule has 60 valence electrons. The summed E-state index contributed by atoms with van der Waals surface area (Å²) in [6.45, 7) is -0.261. The number of hydrogen-bond acceptors (Lipinski definition) is 3. The van der Waals surface area contributed by atoms with Crippen molar-refractivity contribution in [1.82, 2.24) is 0 Å². The van der Waals surface area contributed by atoms with Crippen molar-refractivity contribution in [3.63, 3.8) is 0 Å². The summed E-state index contributed by atoms with van der Waals surface area (Å²) in [4.78, 5) is 10.5. The molecule has 0 aromatic rings. The van der Waals surface area contributed by atoms with Crippen LogP contribution in [-0.4, -0.2) is 28.6 Å². The number of nitrogens with two attached hydrogens (primary N) is 1. The van der Waals surface area contributed by atoms with Crippen LogP contribution in [0.4, 0.5) is 0 Å². The number of carboxylic acids is 1. The van der Waals surface area contributed by atoms with E-state index < -0.39 is 11.5 Å². The summed E-state index contributed by atoms with van der Waals surface area (Å²) >= 11 is 1.53. The zero-order valence-electron chi connectivity index (χ0n) is 6.96. The molecular weight excluding hydrogens is 150 g/mol. The average molecular weight is 164 g/mol. The van der Waals surface area contributed by atoms with Crippen molar-refractivity contribution in [3.8, 4) is 0 Å². The van der Waals surface area contributed by atoms with Crippen LogP contribution in [0.2, 0.25) is 0 Å². The number of aliphatic carboxylic acids is 1. The topological polar surface area (TPSA) is 63.3 Å². The van der Waals surface area contributed by atoms with Crippen LogP contribution in [0.3, 0.4) is 0 Å². The second-order valence-electron chi connectivity index (χ2n) is 2.20. The van der Waals surface area contributed by atoms with Crippen molar-refractivity contribution in [2.24, 2.45) is 5.73 Å². The van der Waals surface area contributed by atoms with Gasteiger partial charge in [0.1, 0.15) is 5.54 Å². The maximum atomic E-state index is 10.5. The quantitative estimate of drug-likeness (QED) is 0.636. The third-order valence-electron chi connectivity index (χ3n) is 1.18. The Balaban J connectivity index is 3.99. The SMILES string of the molecule is [2H]C[C@](N)(CCSC)C(=O)O. The molecule has 0 fully saturated rings. The van der Waals surface area contributed by atoms with E-state index in [9.17, 15) is 4.79 Å². The standard InChI is InChI=1S/C6H13NO2S/c1-6(7,5(8)9)3-4-10-2/h3-4,7H2,1-2H3,(H,8,9)/t6-/m0/s1/i1D. The zero-order valence-corrected chi connectivity index (χ0v) is 6.78. The molecule has 4 heteroatoms. The lowest BCUT2D eigenvalue weighted by Crippen LogP contribution is -2.45. The van der Waals surface area contributed by atoms with Gasteiger partial charge in [0.2, 0.25) is 0 Å². The Labute approximate surface area is 66.4 Å². The molecule has 0 amide bonds. The highest BCUT2D eigenvalue weighted by Gasteiger charge is 2.26. The minimum Gasteiger partial charge on any atom is -0.480 e. The molecule has 0 bridgehead atoms. The molecule has 0 spiro atoms. The summed E-state index contributed by atoms with van der Waals surface area (Å²) in [6, 6.07) is 0. The third-order valence-corrected chi connectivity index (χ3v) is 1.79. The Morgan fingerprint density at radius 3 is 2.90 bits per heavy atom. The molecule has 3 N–H and O–H groups in total. The van der Waals surface area contributed by atoms with Gasteiger partial charge in [0.25, 0.3) is 0 Å². The molecule has 1 atom stereocenters. The fourth-order valence-electron chi connectivity index (χ4n) is 0.391. The maximum absolute atomic E-state index is 10.5. The minimum atomic E-state index is -1.34. The van der Waals surface area contributed by atoms with Crippen molar-refractivity contribution in [3.05, 3.63) is 0 Å².